The van der Waals surface area contributed by atoms with Gasteiger partial charge in [0.2, 0.25) is 5.91 Å². The summed E-state index contributed by atoms with van der Waals surface area (Å²) in [5, 5.41) is 0. The molecule has 0 spiro atoms. The van der Waals surface area contributed by atoms with Crippen LogP contribution in [-0.4, -0.2) is 11.7 Å². The van der Waals surface area contributed by atoms with Crippen molar-refractivity contribution in [3.63, 3.8) is 0 Å². The van der Waals surface area contributed by atoms with E-state index in [2.05, 4.69) is 6.08 Å². The van der Waals surface area contributed by atoms with Crippen LogP contribution in [0.2, 0.25) is 0 Å². The predicted molar refractivity (Wildman–Crippen MR) is 34.6 cm³/mol. The Morgan fingerprint density at radius 3 is 2.80 bits per heavy atom. The third-order valence-electron chi connectivity index (χ3n) is 1.21. The molecule has 1 rings (SSSR count). The molecule has 3 nitrogen and oxygen atoms in total. The Kier molecular flexibility index (Phi) is 1.67. The number of hydrogen-bond acceptors (Lipinski definition) is 2. The van der Waals surface area contributed by atoms with Crippen LogP contribution in [0.3, 0.4) is 0 Å². The molecule has 1 aliphatic carbocycles. The van der Waals surface area contributed by atoms with E-state index >= 15 is 0 Å². The number of nitrogens with two attached hydrogens (primary N) is 1. The van der Waals surface area contributed by atoms with E-state index in [1.165, 1.54) is 12.2 Å². The highest BCUT2D eigenvalue weighted by Gasteiger charge is 2.20. The van der Waals surface area contributed by atoms with Gasteiger partial charge in [0.05, 0.1) is 0 Å². The number of Topliss-reactive ketones (excluding diaryl/α,β-unsaturated/α-hetero) is 1. The molecule has 1 aliphatic rings. The van der Waals surface area contributed by atoms with Crippen molar-refractivity contribution in [3.8, 4) is 0 Å². The van der Waals surface area contributed by atoms with Crippen LogP contribution in [0, 0.1) is 12.0 Å². The summed E-state index contributed by atoms with van der Waals surface area (Å²) in [5.41, 5.74) is 4.89. The summed E-state index contributed by atoms with van der Waals surface area (Å²) in [6.45, 7) is 0. The van der Waals surface area contributed by atoms with E-state index in [9.17, 15) is 9.59 Å². The fraction of sp³-hybridized carbons (Fsp3) is 0.143. The summed E-state index contributed by atoms with van der Waals surface area (Å²) in [6, 6.07) is 0. The highest BCUT2D eigenvalue weighted by molar-refractivity contribution is 6.06. The minimum atomic E-state index is -0.801. The average molecular weight is 136 g/mol. The van der Waals surface area contributed by atoms with E-state index in [1.807, 2.05) is 0 Å². The van der Waals surface area contributed by atoms with Gasteiger partial charge < -0.3 is 5.73 Å². The average Bonchev–Trinajstić information content (AvgIpc) is 1.88. The van der Waals surface area contributed by atoms with Gasteiger partial charge in [-0.2, -0.15) is 0 Å². The number of rotatable bonds is 1. The first kappa shape index (κ1) is 6.74. The van der Waals surface area contributed by atoms with Crippen LogP contribution >= 0.6 is 0 Å². The van der Waals surface area contributed by atoms with E-state index in [1.54, 1.807) is 6.08 Å². The van der Waals surface area contributed by atoms with Crippen molar-refractivity contribution < 1.29 is 9.59 Å². The van der Waals surface area contributed by atoms with Gasteiger partial charge in [-0.1, -0.05) is 18.2 Å². The Bertz CT molecular complexity index is 228. The normalized spacial score (nSPS) is 23.2. The lowest BCUT2D eigenvalue weighted by atomic mass is 9.99. The Morgan fingerprint density at radius 2 is 2.40 bits per heavy atom. The summed E-state index contributed by atoms with van der Waals surface area (Å²) in [7, 11) is 0. The van der Waals surface area contributed by atoms with Gasteiger partial charge in [-0.3, -0.25) is 9.59 Å². The number of amides is 1. The van der Waals surface area contributed by atoms with Gasteiger partial charge in [-0.05, 0) is 0 Å². The van der Waals surface area contributed by atoms with Crippen molar-refractivity contribution >= 4 is 11.7 Å². The molecule has 0 aromatic heterocycles. The molecule has 0 aromatic rings. The van der Waals surface area contributed by atoms with Crippen LogP contribution in [-0.2, 0) is 9.59 Å². The molecule has 1 atom stereocenters. The summed E-state index contributed by atoms with van der Waals surface area (Å²) < 4.78 is 0. The van der Waals surface area contributed by atoms with Crippen LogP contribution in [0.15, 0.2) is 18.2 Å². The maximum atomic E-state index is 10.7. The molecule has 0 aromatic carbocycles. The molecule has 0 fully saturated rings. The van der Waals surface area contributed by atoms with Crippen molar-refractivity contribution in [2.75, 3.05) is 0 Å². The van der Waals surface area contributed by atoms with Gasteiger partial charge in [-0.15, -0.1) is 0 Å². The van der Waals surface area contributed by atoms with Crippen molar-refractivity contribution in [2.24, 2.45) is 11.7 Å². The van der Waals surface area contributed by atoms with Crippen LogP contribution in [0.1, 0.15) is 0 Å². The van der Waals surface area contributed by atoms with Crippen LogP contribution in [0.5, 0.6) is 0 Å². The lowest BCUT2D eigenvalue weighted by Gasteiger charge is -2.04. The van der Waals surface area contributed by atoms with Crippen LogP contribution < -0.4 is 5.73 Å². The van der Waals surface area contributed by atoms with Gasteiger partial charge in [-0.25, -0.2) is 0 Å². The molecule has 0 bridgehead atoms. The number of primary amides is 1. The van der Waals surface area contributed by atoms with Crippen LogP contribution in [0.4, 0.5) is 0 Å². The number of allylic oxidation sites excluding steroid dienone is 3. The zero-order valence-corrected chi connectivity index (χ0v) is 5.20. The fourth-order valence-electron chi connectivity index (χ4n) is 0.698. The highest BCUT2D eigenvalue weighted by atomic mass is 16.2. The SMILES string of the molecule is NC(=O)C1C=CC=[C]C1=O. The smallest absolute Gasteiger partial charge is 0.232 e. The maximum Gasteiger partial charge on any atom is 0.232 e. The second-order valence-electron chi connectivity index (χ2n) is 1.94. The number of hydrogen-bond donors (Lipinski definition) is 1. The number of ketones is 1. The molecule has 10 heavy (non-hydrogen) atoms. The second kappa shape index (κ2) is 2.47. The van der Waals surface area contributed by atoms with Crippen molar-refractivity contribution in [1.29, 1.82) is 0 Å². The van der Waals surface area contributed by atoms with Gasteiger partial charge in [0.15, 0.2) is 5.78 Å². The lowest BCUT2D eigenvalue weighted by Crippen LogP contribution is -2.28. The zero-order valence-electron chi connectivity index (χ0n) is 5.20. The van der Waals surface area contributed by atoms with Crippen molar-refractivity contribution in [3.05, 3.63) is 24.3 Å². The Balaban J connectivity index is 2.80. The summed E-state index contributed by atoms with van der Waals surface area (Å²) in [4.78, 5) is 21.2. The molecule has 0 heterocycles. The van der Waals surface area contributed by atoms with Crippen molar-refractivity contribution in [1.82, 2.24) is 0 Å². The van der Waals surface area contributed by atoms with Crippen molar-refractivity contribution in [2.45, 2.75) is 0 Å². The van der Waals surface area contributed by atoms with Crippen LogP contribution in [0.25, 0.3) is 0 Å². The molecule has 1 radical (unpaired) electrons. The maximum absolute atomic E-state index is 10.7. The molecule has 1 amide bonds. The van der Waals surface area contributed by atoms with E-state index in [-0.39, 0.29) is 5.78 Å². The molecule has 1 unspecified atom stereocenters. The molecule has 0 saturated heterocycles. The highest BCUT2D eigenvalue weighted by Crippen LogP contribution is 2.05. The molecule has 0 aliphatic heterocycles. The van der Waals surface area contributed by atoms with Gasteiger partial charge in [0, 0.05) is 6.08 Å². The zero-order chi connectivity index (χ0) is 7.56. The Morgan fingerprint density at radius 1 is 1.70 bits per heavy atom. The Hall–Kier alpha value is -1.38. The van der Waals surface area contributed by atoms with E-state index in [0.29, 0.717) is 0 Å². The standard InChI is InChI=1S/C7H6NO2/c8-7(10)5-3-1-2-4-6(5)9/h1-3,5H,(H2,8,10). The monoisotopic (exact) mass is 136 g/mol. The minimum Gasteiger partial charge on any atom is -0.369 e. The number of carbonyl (C=O) groups excluding carboxylic acids is 2. The predicted octanol–water partition coefficient (Wildman–Crippen LogP) is -0.414. The molecule has 2 N–H and O–H groups in total. The molecule has 51 valence electrons. The second-order valence-corrected chi connectivity index (χ2v) is 1.94. The first-order valence-corrected chi connectivity index (χ1v) is 2.81. The van der Waals surface area contributed by atoms with Gasteiger partial charge >= 0.3 is 0 Å². The third kappa shape index (κ3) is 1.13. The third-order valence-corrected chi connectivity index (χ3v) is 1.21. The fourth-order valence-corrected chi connectivity index (χ4v) is 0.698. The molecular formula is C7H6NO2. The largest absolute Gasteiger partial charge is 0.369 e. The van der Waals surface area contributed by atoms with E-state index < -0.39 is 11.8 Å². The summed E-state index contributed by atoms with van der Waals surface area (Å²) in [5.74, 6) is -1.79. The lowest BCUT2D eigenvalue weighted by molar-refractivity contribution is -0.128. The minimum absolute atomic E-state index is 0.366. The summed E-state index contributed by atoms with van der Waals surface area (Å²) in [6.07, 6.45) is 6.86. The number of carbonyl (C=O) groups is 2. The summed E-state index contributed by atoms with van der Waals surface area (Å²) >= 11 is 0. The molecule has 3 heteroatoms. The van der Waals surface area contributed by atoms with Gasteiger partial charge in [0.25, 0.3) is 0 Å². The first-order valence-electron chi connectivity index (χ1n) is 2.81. The van der Waals surface area contributed by atoms with E-state index in [4.69, 9.17) is 5.73 Å². The van der Waals surface area contributed by atoms with E-state index in [0.717, 1.165) is 0 Å². The van der Waals surface area contributed by atoms with Gasteiger partial charge in [0.1, 0.15) is 5.92 Å². The molecular weight excluding hydrogens is 130 g/mol. The first-order chi connectivity index (χ1) is 4.72. The topological polar surface area (TPSA) is 60.2 Å². The quantitative estimate of drug-likeness (QED) is 0.498. The molecule has 0 saturated carbocycles. The Labute approximate surface area is 58.2 Å².